The zero-order valence-electron chi connectivity index (χ0n) is 17.9. The van der Waals surface area contributed by atoms with Gasteiger partial charge in [0.05, 0.1) is 18.0 Å². The van der Waals surface area contributed by atoms with Crippen molar-refractivity contribution in [2.24, 2.45) is 0 Å². The minimum absolute atomic E-state index is 0. The molecule has 4 aromatic rings. The number of aliphatic carboxylic acids is 1. The fourth-order valence-electron chi connectivity index (χ4n) is 3.69. The van der Waals surface area contributed by atoms with Gasteiger partial charge in [0.15, 0.2) is 0 Å². The molecule has 0 atom stereocenters. The van der Waals surface area contributed by atoms with Crippen LogP contribution in [0.4, 0.5) is 0 Å². The quantitative estimate of drug-likeness (QED) is 0.253. The van der Waals surface area contributed by atoms with Crippen molar-refractivity contribution in [1.82, 2.24) is 9.55 Å². The van der Waals surface area contributed by atoms with Crippen LogP contribution in [0.5, 0.6) is 6.01 Å². The van der Waals surface area contributed by atoms with Gasteiger partial charge >= 0.3 is 41.5 Å². The normalized spacial score (nSPS) is 10.4. The number of imidazole rings is 1. The van der Waals surface area contributed by atoms with E-state index < -0.39 is 5.97 Å². The number of para-hydroxylation sites is 1. The third-order valence-corrected chi connectivity index (χ3v) is 5.22. The number of carboxylic acid groups (broad SMARTS) is 1. The number of carboxylic acids is 1. The van der Waals surface area contributed by atoms with Crippen molar-refractivity contribution >= 4 is 35.5 Å². The molecule has 3 aromatic carbocycles. The second kappa shape index (κ2) is 12.4. The molecule has 4 rings (SSSR count). The molecule has 0 fully saturated rings. The molecule has 0 aliphatic carbocycles. The van der Waals surface area contributed by atoms with Gasteiger partial charge in [0, 0.05) is 17.5 Å². The number of aromatic nitrogens is 2. The predicted molar refractivity (Wildman–Crippen MR) is 133 cm³/mol. The fourth-order valence-corrected chi connectivity index (χ4v) is 3.69. The molecule has 0 spiro atoms. The summed E-state index contributed by atoms with van der Waals surface area (Å²) in [6.07, 6.45) is 2.41. The number of ether oxygens (including phenoxy) is 1. The van der Waals surface area contributed by atoms with Gasteiger partial charge in [-0.05, 0) is 31.4 Å². The summed E-state index contributed by atoms with van der Waals surface area (Å²) in [6.45, 7) is 0.478. The third kappa shape index (κ3) is 6.35. The molecule has 0 amide bonds. The second-order valence-electron chi connectivity index (χ2n) is 7.55. The molecule has 0 aliphatic rings. The Morgan fingerprint density at radius 2 is 1.36 bits per heavy atom. The van der Waals surface area contributed by atoms with E-state index >= 15 is 0 Å². The molecule has 33 heavy (non-hydrogen) atoms. The second-order valence-corrected chi connectivity index (χ2v) is 7.55. The molecule has 164 valence electrons. The van der Waals surface area contributed by atoms with Gasteiger partial charge in [0.1, 0.15) is 5.69 Å². The Bertz CT molecular complexity index is 1150. The maximum absolute atomic E-state index is 10.7. The van der Waals surface area contributed by atoms with Crippen molar-refractivity contribution in [3.8, 4) is 34.2 Å². The van der Waals surface area contributed by atoms with Gasteiger partial charge in [-0.3, -0.25) is 9.36 Å². The Labute approximate surface area is 216 Å². The van der Waals surface area contributed by atoms with E-state index in [9.17, 15) is 4.79 Å². The predicted octanol–water partition coefficient (Wildman–Crippen LogP) is 5.58. The van der Waals surface area contributed by atoms with Gasteiger partial charge < -0.3 is 9.84 Å². The molecule has 5 nitrogen and oxygen atoms in total. The summed E-state index contributed by atoms with van der Waals surface area (Å²) in [5, 5.41) is 8.82. The van der Waals surface area contributed by atoms with Crippen LogP contribution in [0.1, 0.15) is 25.7 Å². The number of carbonyl (C=O) groups is 1. The molecule has 0 bridgehead atoms. The number of unbranched alkanes of at least 4 members (excludes halogenated alkanes) is 2. The monoisotopic (exact) mass is 450 g/mol. The molecule has 6 heteroatoms. The molecule has 0 saturated carbocycles. The first kappa shape index (κ1) is 24.8. The van der Waals surface area contributed by atoms with Crippen molar-refractivity contribution in [3.05, 3.63) is 91.0 Å². The summed E-state index contributed by atoms with van der Waals surface area (Å²) in [5.74, 6) is -0.759. The van der Waals surface area contributed by atoms with E-state index in [1.165, 1.54) is 0 Å². The number of hydrogen-bond donors (Lipinski definition) is 1. The first-order chi connectivity index (χ1) is 15.7. The van der Waals surface area contributed by atoms with Crippen LogP contribution >= 0.6 is 0 Å². The number of rotatable bonds is 10. The molecule has 0 saturated heterocycles. The average Bonchev–Trinajstić information content (AvgIpc) is 3.22. The van der Waals surface area contributed by atoms with Crippen LogP contribution in [0.15, 0.2) is 91.0 Å². The summed E-state index contributed by atoms with van der Waals surface area (Å²) >= 11 is 0. The summed E-state index contributed by atoms with van der Waals surface area (Å²) in [4.78, 5) is 15.6. The van der Waals surface area contributed by atoms with Gasteiger partial charge in [0.2, 0.25) is 0 Å². The number of nitrogens with zero attached hydrogens (tertiary/aromatic N) is 2. The molecule has 1 aromatic heterocycles. The minimum atomic E-state index is -0.759. The van der Waals surface area contributed by atoms with Gasteiger partial charge in [-0.2, -0.15) is 4.98 Å². The van der Waals surface area contributed by atoms with Gasteiger partial charge in [0.25, 0.3) is 0 Å². The van der Waals surface area contributed by atoms with Crippen LogP contribution in [-0.4, -0.2) is 56.8 Å². The van der Waals surface area contributed by atoms with Crippen LogP contribution in [0.2, 0.25) is 0 Å². The van der Waals surface area contributed by atoms with E-state index in [-0.39, 0.29) is 36.0 Å². The van der Waals surface area contributed by atoms with E-state index in [4.69, 9.17) is 14.8 Å². The van der Waals surface area contributed by atoms with Crippen LogP contribution in [-0.2, 0) is 4.79 Å². The summed E-state index contributed by atoms with van der Waals surface area (Å²) in [6, 6.07) is 31.0. The number of hydrogen-bond acceptors (Lipinski definition) is 3. The Morgan fingerprint density at radius 3 is 1.97 bits per heavy atom. The van der Waals surface area contributed by atoms with Gasteiger partial charge in [-0.1, -0.05) is 78.9 Å². The molecule has 0 unspecified atom stereocenters. The molecule has 0 aliphatic heterocycles. The van der Waals surface area contributed by atoms with Crippen molar-refractivity contribution in [1.29, 1.82) is 0 Å². The van der Waals surface area contributed by atoms with E-state index in [0.29, 0.717) is 19.0 Å². The van der Waals surface area contributed by atoms with E-state index in [1.807, 2.05) is 66.7 Å². The van der Waals surface area contributed by atoms with Crippen LogP contribution in [0.3, 0.4) is 0 Å². The van der Waals surface area contributed by atoms with Crippen LogP contribution in [0, 0.1) is 0 Å². The van der Waals surface area contributed by atoms with Crippen molar-refractivity contribution in [2.45, 2.75) is 25.7 Å². The number of benzene rings is 3. The standard InChI is InChI=1S/C27H26N2O3.Na.H/c30-24(31)19-11-4-12-20-32-27-28-25(21-13-5-1-6-14-21)26(22-15-7-2-8-16-22)29(27)23-17-9-3-10-18-23;;/h1-3,5-10,13-18H,4,11-12,19-20H2,(H,30,31);;. The van der Waals surface area contributed by atoms with Crippen molar-refractivity contribution in [3.63, 3.8) is 0 Å². The Kier molecular flexibility index (Phi) is 9.31. The summed E-state index contributed by atoms with van der Waals surface area (Å²) in [7, 11) is 0. The van der Waals surface area contributed by atoms with Gasteiger partial charge in [-0.15, -0.1) is 0 Å². The summed E-state index contributed by atoms with van der Waals surface area (Å²) < 4.78 is 8.23. The Hall–Kier alpha value is -2.86. The van der Waals surface area contributed by atoms with E-state index in [1.54, 1.807) is 0 Å². The van der Waals surface area contributed by atoms with E-state index in [0.717, 1.165) is 41.0 Å². The first-order valence-electron chi connectivity index (χ1n) is 10.9. The molecule has 1 heterocycles. The first-order valence-corrected chi connectivity index (χ1v) is 10.9. The Morgan fingerprint density at radius 1 is 0.788 bits per heavy atom. The SMILES string of the molecule is O=C(O)CCCCCOc1nc(-c2ccccc2)c(-c2ccccc2)n1-c1ccccc1.[NaH]. The maximum atomic E-state index is 10.7. The molecular weight excluding hydrogens is 423 g/mol. The Balaban J connectivity index is 0.00000306. The zero-order valence-corrected chi connectivity index (χ0v) is 17.9. The zero-order chi connectivity index (χ0) is 22.2. The summed E-state index contributed by atoms with van der Waals surface area (Å²) in [5.41, 5.74) is 4.89. The van der Waals surface area contributed by atoms with E-state index in [2.05, 4.69) is 28.8 Å². The average molecular weight is 451 g/mol. The van der Waals surface area contributed by atoms with Crippen molar-refractivity contribution in [2.75, 3.05) is 6.61 Å². The van der Waals surface area contributed by atoms with Crippen LogP contribution in [0.25, 0.3) is 28.2 Å². The topological polar surface area (TPSA) is 64.3 Å². The third-order valence-electron chi connectivity index (χ3n) is 5.22. The molecular formula is C27H27N2NaO3. The molecule has 0 radical (unpaired) electrons. The van der Waals surface area contributed by atoms with Gasteiger partial charge in [-0.25, -0.2) is 0 Å². The van der Waals surface area contributed by atoms with Crippen molar-refractivity contribution < 1.29 is 14.6 Å². The van der Waals surface area contributed by atoms with Crippen LogP contribution < -0.4 is 4.74 Å². The molecule has 1 N–H and O–H groups in total. The fraction of sp³-hybridized carbons (Fsp3) is 0.185.